The van der Waals surface area contributed by atoms with Gasteiger partial charge in [-0.2, -0.15) is 26.3 Å². The zero-order chi connectivity index (χ0) is 26.0. The lowest BCUT2D eigenvalue weighted by Crippen LogP contribution is -2.42. The van der Waals surface area contributed by atoms with Gasteiger partial charge in [-0.15, -0.1) is 0 Å². The minimum atomic E-state index is -4.55. The number of halogens is 6. The molecular weight excluding hydrogens is 472 g/mol. The second kappa shape index (κ2) is 10.6. The average molecular weight is 501 g/mol. The Morgan fingerprint density at radius 1 is 1.06 bits per heavy atom. The van der Waals surface area contributed by atoms with Gasteiger partial charge in [0, 0.05) is 18.6 Å². The Labute approximate surface area is 200 Å². The van der Waals surface area contributed by atoms with Crippen LogP contribution < -0.4 is 5.11 Å². The molecule has 0 bridgehead atoms. The summed E-state index contributed by atoms with van der Waals surface area (Å²) in [7, 11) is 0. The Kier molecular flexibility index (Phi) is 8.19. The molecule has 3 nitrogen and oxygen atoms in total. The minimum absolute atomic E-state index is 0.0511. The molecule has 2 aromatic rings. The van der Waals surface area contributed by atoms with Crippen LogP contribution in [0.15, 0.2) is 42.5 Å². The summed E-state index contributed by atoms with van der Waals surface area (Å²) in [6.45, 7) is 3.71. The molecule has 0 aromatic heterocycles. The van der Waals surface area contributed by atoms with Gasteiger partial charge in [-0.1, -0.05) is 44.5 Å². The van der Waals surface area contributed by atoms with Gasteiger partial charge in [0.05, 0.1) is 11.1 Å². The molecular formula is C26H28F6NO2-. The zero-order valence-corrected chi connectivity index (χ0v) is 19.5. The maximum atomic E-state index is 13.8. The number of benzene rings is 2. The van der Waals surface area contributed by atoms with Crippen LogP contribution in [-0.2, 0) is 30.1 Å². The van der Waals surface area contributed by atoms with E-state index in [0.29, 0.717) is 24.9 Å². The summed E-state index contributed by atoms with van der Waals surface area (Å²) in [6.07, 6.45) is -6.95. The molecule has 1 heterocycles. The maximum absolute atomic E-state index is 13.8. The molecule has 1 fully saturated rings. The number of carboxylic acids is 1. The van der Waals surface area contributed by atoms with Gasteiger partial charge in [-0.05, 0) is 72.5 Å². The Hall–Kier alpha value is -2.55. The van der Waals surface area contributed by atoms with Crippen molar-refractivity contribution in [2.75, 3.05) is 6.54 Å². The van der Waals surface area contributed by atoms with Crippen LogP contribution in [0.3, 0.4) is 0 Å². The number of hydrogen-bond donors (Lipinski definition) is 0. The summed E-state index contributed by atoms with van der Waals surface area (Å²) in [6, 6.07) is 8.11. The number of carbonyl (C=O) groups excluding carboxylic acids is 1. The van der Waals surface area contributed by atoms with E-state index < -0.39 is 41.4 Å². The molecule has 1 aliphatic heterocycles. The van der Waals surface area contributed by atoms with Crippen molar-refractivity contribution in [2.24, 2.45) is 11.8 Å². The highest BCUT2D eigenvalue weighted by molar-refractivity contribution is 5.67. The smallest absolute Gasteiger partial charge is 0.416 e. The van der Waals surface area contributed by atoms with E-state index in [0.717, 1.165) is 30.2 Å². The van der Waals surface area contributed by atoms with Gasteiger partial charge >= 0.3 is 12.4 Å². The van der Waals surface area contributed by atoms with E-state index in [1.807, 2.05) is 6.92 Å². The highest BCUT2D eigenvalue weighted by atomic mass is 19.4. The summed E-state index contributed by atoms with van der Waals surface area (Å²) in [5, 5.41) is 11.4. The molecule has 1 unspecified atom stereocenters. The predicted molar refractivity (Wildman–Crippen MR) is 117 cm³/mol. The molecule has 0 spiro atoms. The molecule has 35 heavy (non-hydrogen) atoms. The molecule has 2 aromatic carbocycles. The van der Waals surface area contributed by atoms with Crippen LogP contribution in [0.2, 0.25) is 0 Å². The first-order chi connectivity index (χ1) is 16.3. The van der Waals surface area contributed by atoms with E-state index in [4.69, 9.17) is 0 Å². The number of rotatable bonds is 7. The lowest BCUT2D eigenvalue weighted by molar-refractivity contribution is -0.313. The average Bonchev–Trinajstić information content (AvgIpc) is 2.78. The first-order valence-corrected chi connectivity index (χ1v) is 11.6. The van der Waals surface area contributed by atoms with E-state index in [9.17, 15) is 36.2 Å². The fourth-order valence-electron chi connectivity index (χ4n) is 4.84. The Bertz CT molecular complexity index is 1020. The molecule has 1 aliphatic rings. The number of carboxylic acid groups (broad SMARTS) is 1. The summed E-state index contributed by atoms with van der Waals surface area (Å²) in [5.74, 6) is -2.31. The number of piperidine rings is 1. The van der Waals surface area contributed by atoms with E-state index in [2.05, 4.69) is 0 Å². The monoisotopic (exact) mass is 500 g/mol. The fourth-order valence-corrected chi connectivity index (χ4v) is 4.84. The SMILES string of the molecule is CCCc1ccc(C(F)(F)F)c(CN2CC[C@H](C(C)C(=O)[O-])C[C@@H]2c2ccc(C(F)(F)F)cc2)c1. The first kappa shape index (κ1) is 27.0. The van der Waals surface area contributed by atoms with Crippen LogP contribution in [0, 0.1) is 11.8 Å². The van der Waals surface area contributed by atoms with Crippen molar-refractivity contribution in [3.63, 3.8) is 0 Å². The van der Waals surface area contributed by atoms with Crippen LogP contribution in [0.1, 0.15) is 67.0 Å². The molecule has 3 atom stereocenters. The predicted octanol–water partition coefficient (Wildman–Crippen LogP) is 6.02. The largest absolute Gasteiger partial charge is 0.550 e. The van der Waals surface area contributed by atoms with E-state index in [1.165, 1.54) is 25.1 Å². The highest BCUT2D eigenvalue weighted by Crippen LogP contribution is 2.41. The molecule has 192 valence electrons. The first-order valence-electron chi connectivity index (χ1n) is 11.6. The molecule has 0 saturated carbocycles. The van der Waals surface area contributed by atoms with E-state index in [1.54, 1.807) is 11.0 Å². The van der Waals surface area contributed by atoms with Gasteiger partial charge in [-0.3, -0.25) is 4.90 Å². The number of nitrogens with zero attached hydrogens (tertiary/aromatic N) is 1. The van der Waals surface area contributed by atoms with Gasteiger partial charge in [-0.25, -0.2) is 0 Å². The molecule has 0 amide bonds. The van der Waals surface area contributed by atoms with Crippen molar-refractivity contribution in [1.29, 1.82) is 0 Å². The van der Waals surface area contributed by atoms with Crippen molar-refractivity contribution in [3.05, 3.63) is 70.3 Å². The lowest BCUT2D eigenvalue weighted by atomic mass is 9.79. The summed E-state index contributed by atoms with van der Waals surface area (Å²) < 4.78 is 80.4. The van der Waals surface area contributed by atoms with Crippen LogP contribution in [0.4, 0.5) is 26.3 Å². The van der Waals surface area contributed by atoms with Gasteiger partial charge in [0.15, 0.2) is 0 Å². The van der Waals surface area contributed by atoms with Gasteiger partial charge in [0.2, 0.25) is 0 Å². The molecule has 0 radical (unpaired) electrons. The van der Waals surface area contributed by atoms with Crippen molar-refractivity contribution < 1.29 is 36.2 Å². The third-order valence-corrected chi connectivity index (χ3v) is 6.84. The van der Waals surface area contributed by atoms with Crippen LogP contribution in [0.5, 0.6) is 0 Å². The topological polar surface area (TPSA) is 43.4 Å². The third kappa shape index (κ3) is 6.57. The second-order valence-corrected chi connectivity index (χ2v) is 9.24. The van der Waals surface area contributed by atoms with Crippen LogP contribution >= 0.6 is 0 Å². The Morgan fingerprint density at radius 3 is 2.26 bits per heavy atom. The number of carbonyl (C=O) groups is 1. The fraction of sp³-hybridized carbons (Fsp3) is 0.500. The quantitative estimate of drug-likeness (QED) is 0.437. The lowest BCUT2D eigenvalue weighted by Gasteiger charge is -2.42. The molecule has 3 rings (SSSR count). The molecule has 0 aliphatic carbocycles. The van der Waals surface area contributed by atoms with Crippen molar-refractivity contribution in [2.45, 2.75) is 64.5 Å². The van der Waals surface area contributed by atoms with Gasteiger partial charge in [0.1, 0.15) is 0 Å². The van der Waals surface area contributed by atoms with Crippen molar-refractivity contribution in [3.8, 4) is 0 Å². The number of aryl methyl sites for hydroxylation is 1. The molecule has 1 saturated heterocycles. The third-order valence-electron chi connectivity index (χ3n) is 6.84. The Morgan fingerprint density at radius 2 is 1.71 bits per heavy atom. The highest BCUT2D eigenvalue weighted by Gasteiger charge is 2.37. The number of hydrogen-bond acceptors (Lipinski definition) is 3. The van der Waals surface area contributed by atoms with Gasteiger partial charge in [0.25, 0.3) is 0 Å². The summed E-state index contributed by atoms with van der Waals surface area (Å²) in [4.78, 5) is 13.3. The zero-order valence-electron chi connectivity index (χ0n) is 19.5. The number of likely N-dealkylation sites (tertiary alicyclic amines) is 1. The van der Waals surface area contributed by atoms with E-state index >= 15 is 0 Å². The molecule has 9 heteroatoms. The summed E-state index contributed by atoms with van der Waals surface area (Å²) >= 11 is 0. The second-order valence-electron chi connectivity index (χ2n) is 9.24. The van der Waals surface area contributed by atoms with Crippen LogP contribution in [0.25, 0.3) is 0 Å². The standard InChI is InChI=1S/C26H29F6NO2/c1-3-4-17-5-10-22(26(30,31)32)20(13-17)15-33-12-11-19(16(2)24(34)35)14-23(33)18-6-8-21(9-7-18)25(27,28)29/h5-10,13,16,19,23H,3-4,11-12,14-15H2,1-2H3,(H,34,35)/p-1/t16?,19-,23+/m0/s1. The van der Waals surface area contributed by atoms with Crippen molar-refractivity contribution in [1.82, 2.24) is 4.90 Å². The maximum Gasteiger partial charge on any atom is 0.416 e. The normalized spacial score (nSPS) is 20.6. The van der Waals surface area contributed by atoms with Crippen molar-refractivity contribution >= 4 is 5.97 Å². The van der Waals surface area contributed by atoms with Crippen LogP contribution in [-0.4, -0.2) is 17.4 Å². The number of alkyl halides is 6. The molecule has 0 N–H and O–H groups in total. The minimum Gasteiger partial charge on any atom is -0.550 e. The number of aliphatic carboxylic acids is 1. The Balaban J connectivity index is 1.98. The summed E-state index contributed by atoms with van der Waals surface area (Å²) in [5.41, 5.74) is -0.177. The van der Waals surface area contributed by atoms with E-state index in [-0.39, 0.29) is 24.4 Å². The van der Waals surface area contributed by atoms with Gasteiger partial charge < -0.3 is 9.90 Å².